The van der Waals surface area contributed by atoms with Crippen LogP contribution in [0.2, 0.25) is 0 Å². The van der Waals surface area contributed by atoms with Gasteiger partial charge < -0.3 is 5.32 Å². The molecule has 18 heavy (non-hydrogen) atoms. The van der Waals surface area contributed by atoms with Crippen LogP contribution in [0, 0.1) is 16.0 Å². The number of nitro groups is 1. The van der Waals surface area contributed by atoms with E-state index in [2.05, 4.69) is 10.3 Å². The summed E-state index contributed by atoms with van der Waals surface area (Å²) in [6.45, 7) is 0. The van der Waals surface area contributed by atoms with Crippen molar-refractivity contribution in [3.05, 3.63) is 28.4 Å². The van der Waals surface area contributed by atoms with E-state index >= 15 is 0 Å². The number of hydrogen-bond acceptors (Lipinski definition) is 5. The lowest BCUT2D eigenvalue weighted by Crippen LogP contribution is -2.17. The number of anilines is 1. The normalized spacial score (nSPS) is 14.0. The Morgan fingerprint density at radius 3 is 2.67 bits per heavy atom. The number of ketones is 1. The zero-order valence-electron chi connectivity index (χ0n) is 9.46. The third-order valence-corrected chi connectivity index (χ3v) is 2.59. The first-order valence-electron chi connectivity index (χ1n) is 5.49. The average molecular weight is 249 g/mol. The van der Waals surface area contributed by atoms with Gasteiger partial charge in [0.1, 0.15) is 17.8 Å². The summed E-state index contributed by atoms with van der Waals surface area (Å²) in [5, 5.41) is 12.8. The highest BCUT2D eigenvalue weighted by Crippen LogP contribution is 2.30. The molecule has 7 nitrogen and oxygen atoms in total. The van der Waals surface area contributed by atoms with E-state index in [1.54, 1.807) is 0 Å². The Kier molecular flexibility index (Phi) is 3.31. The minimum Gasteiger partial charge on any atom is -0.310 e. The topological polar surface area (TPSA) is 102 Å². The SMILES string of the molecule is O=C(CC(=O)C1CC1)Nc1ccc([N+](=O)[O-])cn1. The van der Waals surface area contributed by atoms with Crippen LogP contribution >= 0.6 is 0 Å². The molecule has 0 unspecified atom stereocenters. The van der Waals surface area contributed by atoms with Crippen LogP contribution in [0.3, 0.4) is 0 Å². The number of aromatic nitrogens is 1. The van der Waals surface area contributed by atoms with Crippen molar-refractivity contribution in [1.82, 2.24) is 4.98 Å². The van der Waals surface area contributed by atoms with Crippen molar-refractivity contribution in [3.8, 4) is 0 Å². The van der Waals surface area contributed by atoms with Crippen molar-refractivity contribution in [3.63, 3.8) is 0 Å². The Morgan fingerprint density at radius 2 is 2.17 bits per heavy atom. The first-order valence-corrected chi connectivity index (χ1v) is 5.49. The summed E-state index contributed by atoms with van der Waals surface area (Å²) in [7, 11) is 0. The van der Waals surface area contributed by atoms with E-state index < -0.39 is 10.8 Å². The Labute approximate surface area is 102 Å². The third kappa shape index (κ3) is 3.09. The zero-order chi connectivity index (χ0) is 13.1. The van der Waals surface area contributed by atoms with Crippen molar-refractivity contribution < 1.29 is 14.5 Å². The van der Waals surface area contributed by atoms with Gasteiger partial charge in [0.2, 0.25) is 5.91 Å². The van der Waals surface area contributed by atoms with Crippen molar-refractivity contribution >= 4 is 23.2 Å². The highest BCUT2D eigenvalue weighted by molar-refractivity contribution is 6.05. The number of nitrogens with one attached hydrogen (secondary N) is 1. The van der Waals surface area contributed by atoms with E-state index in [-0.39, 0.29) is 29.6 Å². The monoisotopic (exact) mass is 249 g/mol. The molecular formula is C11H11N3O4. The van der Waals surface area contributed by atoms with Crippen LogP contribution in [0.25, 0.3) is 0 Å². The Morgan fingerprint density at radius 1 is 1.44 bits per heavy atom. The number of nitrogens with zero attached hydrogens (tertiary/aromatic N) is 2. The second-order valence-electron chi connectivity index (χ2n) is 4.12. The molecule has 1 aromatic rings. The molecule has 1 saturated carbocycles. The largest absolute Gasteiger partial charge is 0.310 e. The minimum absolute atomic E-state index is 0.0422. The Hall–Kier alpha value is -2.31. The lowest BCUT2D eigenvalue weighted by atomic mass is 10.2. The first kappa shape index (κ1) is 12.2. The van der Waals surface area contributed by atoms with Crippen LogP contribution in [0.15, 0.2) is 18.3 Å². The van der Waals surface area contributed by atoms with Gasteiger partial charge in [-0.05, 0) is 18.9 Å². The lowest BCUT2D eigenvalue weighted by Gasteiger charge is -2.02. The number of hydrogen-bond donors (Lipinski definition) is 1. The number of pyridine rings is 1. The van der Waals surface area contributed by atoms with E-state index in [1.165, 1.54) is 12.1 Å². The number of amides is 1. The molecule has 1 heterocycles. The highest BCUT2D eigenvalue weighted by atomic mass is 16.6. The quantitative estimate of drug-likeness (QED) is 0.481. The molecule has 0 spiro atoms. The maximum atomic E-state index is 11.5. The fraction of sp³-hybridized carbons (Fsp3) is 0.364. The predicted molar refractivity (Wildman–Crippen MR) is 61.9 cm³/mol. The molecule has 1 N–H and O–H groups in total. The molecule has 0 aliphatic heterocycles. The van der Waals surface area contributed by atoms with Gasteiger partial charge in [0, 0.05) is 12.0 Å². The molecule has 0 atom stereocenters. The molecule has 1 aromatic heterocycles. The van der Waals surface area contributed by atoms with Crippen LogP contribution in [0.1, 0.15) is 19.3 Å². The molecule has 1 amide bonds. The summed E-state index contributed by atoms with van der Waals surface area (Å²) in [6, 6.07) is 2.57. The number of rotatable bonds is 5. The first-order chi connectivity index (χ1) is 8.56. The fourth-order valence-corrected chi connectivity index (χ4v) is 1.46. The van der Waals surface area contributed by atoms with Crippen LogP contribution in [0.5, 0.6) is 0 Å². The maximum Gasteiger partial charge on any atom is 0.287 e. The van der Waals surface area contributed by atoms with E-state index in [0.717, 1.165) is 19.0 Å². The van der Waals surface area contributed by atoms with Crippen LogP contribution in [-0.4, -0.2) is 21.6 Å². The molecule has 0 bridgehead atoms. The summed E-state index contributed by atoms with van der Waals surface area (Å²) in [5.74, 6) is -0.252. The van der Waals surface area contributed by atoms with Gasteiger partial charge >= 0.3 is 0 Å². The van der Waals surface area contributed by atoms with Gasteiger partial charge in [-0.25, -0.2) is 4.98 Å². The van der Waals surface area contributed by atoms with Gasteiger partial charge in [-0.15, -0.1) is 0 Å². The van der Waals surface area contributed by atoms with Gasteiger partial charge in [-0.3, -0.25) is 19.7 Å². The maximum absolute atomic E-state index is 11.5. The van der Waals surface area contributed by atoms with Crippen molar-refractivity contribution in [2.24, 2.45) is 5.92 Å². The molecule has 1 fully saturated rings. The summed E-state index contributed by atoms with van der Waals surface area (Å²) >= 11 is 0. The lowest BCUT2D eigenvalue weighted by molar-refractivity contribution is -0.385. The van der Waals surface area contributed by atoms with Crippen molar-refractivity contribution in [2.45, 2.75) is 19.3 Å². The van der Waals surface area contributed by atoms with Crippen LogP contribution < -0.4 is 5.32 Å². The zero-order valence-corrected chi connectivity index (χ0v) is 9.46. The smallest absolute Gasteiger partial charge is 0.287 e. The standard InChI is InChI=1S/C11H11N3O4/c15-9(7-1-2-7)5-11(16)13-10-4-3-8(6-12-10)14(17)18/h3-4,6-7H,1-2,5H2,(H,12,13,16). The van der Waals surface area contributed by atoms with E-state index in [1.807, 2.05) is 0 Å². The summed E-state index contributed by atoms with van der Waals surface area (Å²) in [4.78, 5) is 36.4. The Bertz CT molecular complexity index is 494. The molecule has 7 heteroatoms. The predicted octanol–water partition coefficient (Wildman–Crippen LogP) is 1.30. The average Bonchev–Trinajstić information content (AvgIpc) is 3.13. The molecule has 0 saturated heterocycles. The van der Waals surface area contributed by atoms with Gasteiger partial charge in [-0.1, -0.05) is 0 Å². The van der Waals surface area contributed by atoms with Crippen molar-refractivity contribution in [1.29, 1.82) is 0 Å². The summed E-state index contributed by atoms with van der Waals surface area (Å²) < 4.78 is 0. The van der Waals surface area contributed by atoms with Crippen LogP contribution in [-0.2, 0) is 9.59 Å². The van der Waals surface area contributed by atoms with E-state index in [9.17, 15) is 19.7 Å². The number of carbonyl (C=O) groups is 2. The summed E-state index contributed by atoms with van der Waals surface area (Å²) in [6.07, 6.45) is 2.62. The molecule has 2 rings (SSSR count). The van der Waals surface area contributed by atoms with Crippen molar-refractivity contribution in [2.75, 3.05) is 5.32 Å². The molecule has 1 aliphatic rings. The minimum atomic E-state index is -0.574. The third-order valence-electron chi connectivity index (χ3n) is 2.59. The van der Waals surface area contributed by atoms with E-state index in [0.29, 0.717) is 0 Å². The number of Topliss-reactive ketones (excluding diaryl/α,β-unsaturated/α-hetero) is 1. The molecule has 1 aliphatic carbocycles. The highest BCUT2D eigenvalue weighted by Gasteiger charge is 2.30. The fourth-order valence-electron chi connectivity index (χ4n) is 1.46. The summed E-state index contributed by atoms with van der Waals surface area (Å²) in [5.41, 5.74) is -0.151. The van der Waals surface area contributed by atoms with E-state index in [4.69, 9.17) is 0 Å². The second-order valence-corrected chi connectivity index (χ2v) is 4.12. The van der Waals surface area contributed by atoms with Gasteiger partial charge in [0.15, 0.2) is 0 Å². The molecule has 94 valence electrons. The molecule has 0 radical (unpaired) electrons. The second kappa shape index (κ2) is 4.91. The molecular weight excluding hydrogens is 238 g/mol. The van der Waals surface area contributed by atoms with Gasteiger partial charge in [-0.2, -0.15) is 0 Å². The Balaban J connectivity index is 1.90. The molecule has 0 aromatic carbocycles. The van der Waals surface area contributed by atoms with Gasteiger partial charge in [0.05, 0.1) is 11.3 Å². The van der Waals surface area contributed by atoms with Crippen LogP contribution in [0.4, 0.5) is 11.5 Å². The number of carbonyl (C=O) groups excluding carboxylic acids is 2. The van der Waals surface area contributed by atoms with Gasteiger partial charge in [0.25, 0.3) is 5.69 Å².